The number of thiazole rings is 1. The van der Waals surface area contributed by atoms with Gasteiger partial charge >= 0.3 is 12.2 Å². The van der Waals surface area contributed by atoms with Crippen molar-refractivity contribution >= 4 is 44.3 Å². The van der Waals surface area contributed by atoms with Gasteiger partial charge in [-0.15, -0.1) is 0 Å². The van der Waals surface area contributed by atoms with E-state index in [9.17, 15) is 27.2 Å². The standard InChI is InChI=1S/C20H17F4N5O2S/c1-29-9-8-25-19(16(29)30,20(22,23)24)11-2-7-14-15(10-11)32-18(27-14)28-17(31)26-13-5-3-12(21)4-6-13/h2-7,10,25H,8-9H2,1H3,(H2,26,27,28,31). The highest BCUT2D eigenvalue weighted by Crippen LogP contribution is 2.43. The Kier molecular flexibility index (Phi) is 5.51. The highest BCUT2D eigenvalue weighted by atomic mass is 32.1. The predicted molar refractivity (Wildman–Crippen MR) is 112 cm³/mol. The quantitative estimate of drug-likeness (QED) is 0.510. The van der Waals surface area contributed by atoms with E-state index in [0.717, 1.165) is 16.2 Å². The molecule has 1 saturated heterocycles. The van der Waals surface area contributed by atoms with Gasteiger partial charge in [0.1, 0.15) is 5.82 Å². The van der Waals surface area contributed by atoms with Gasteiger partial charge < -0.3 is 10.2 Å². The Labute approximate surface area is 183 Å². The third kappa shape index (κ3) is 3.86. The molecule has 12 heteroatoms. The summed E-state index contributed by atoms with van der Waals surface area (Å²) in [5.41, 5.74) is -2.39. The number of alkyl halides is 3. The molecule has 1 atom stereocenters. The molecule has 1 aromatic heterocycles. The lowest BCUT2D eigenvalue weighted by Gasteiger charge is -2.42. The topological polar surface area (TPSA) is 86.4 Å². The van der Waals surface area contributed by atoms with Gasteiger partial charge in [-0.05, 0) is 42.0 Å². The normalized spacial score (nSPS) is 19.3. The van der Waals surface area contributed by atoms with Crippen LogP contribution in [0.4, 0.5) is 33.2 Å². The van der Waals surface area contributed by atoms with Crippen molar-refractivity contribution in [1.82, 2.24) is 15.2 Å². The SMILES string of the molecule is CN1CCNC(c2ccc3nc(NC(=O)Nc4ccc(F)cc4)sc3c2)(C(F)(F)F)C1=O. The first-order valence-corrected chi connectivity index (χ1v) is 10.2. The molecule has 1 fully saturated rings. The van der Waals surface area contributed by atoms with E-state index in [1.54, 1.807) is 0 Å². The number of urea groups is 1. The number of nitrogens with zero attached hydrogens (tertiary/aromatic N) is 2. The van der Waals surface area contributed by atoms with Crippen molar-refractivity contribution in [3.8, 4) is 0 Å². The van der Waals surface area contributed by atoms with E-state index in [4.69, 9.17) is 0 Å². The maximum atomic E-state index is 14.1. The van der Waals surface area contributed by atoms with Crippen LogP contribution in [0, 0.1) is 5.82 Å². The summed E-state index contributed by atoms with van der Waals surface area (Å²) in [6.07, 6.45) is -4.87. The molecule has 2 aromatic carbocycles. The molecule has 0 bridgehead atoms. The van der Waals surface area contributed by atoms with Crippen LogP contribution in [0.2, 0.25) is 0 Å². The minimum absolute atomic E-state index is 0.0150. The molecular formula is C20H17F4N5O2S. The first-order valence-electron chi connectivity index (χ1n) is 9.42. The van der Waals surface area contributed by atoms with Gasteiger partial charge in [0.05, 0.1) is 10.2 Å². The molecule has 0 radical (unpaired) electrons. The predicted octanol–water partition coefficient (Wildman–Crippen LogP) is 3.90. The Bertz CT molecular complexity index is 1180. The van der Waals surface area contributed by atoms with Crippen molar-refractivity contribution < 1.29 is 27.2 Å². The lowest BCUT2D eigenvalue weighted by Crippen LogP contribution is -2.67. The zero-order valence-corrected chi connectivity index (χ0v) is 17.4. The van der Waals surface area contributed by atoms with Crippen LogP contribution in [-0.4, -0.2) is 48.1 Å². The highest BCUT2D eigenvalue weighted by molar-refractivity contribution is 7.22. The smallest absolute Gasteiger partial charge is 0.342 e. The van der Waals surface area contributed by atoms with Crippen molar-refractivity contribution in [2.45, 2.75) is 11.7 Å². The maximum Gasteiger partial charge on any atom is 0.419 e. The van der Waals surface area contributed by atoms with Crippen LogP contribution >= 0.6 is 11.3 Å². The Morgan fingerprint density at radius 1 is 1.19 bits per heavy atom. The van der Waals surface area contributed by atoms with E-state index in [1.165, 1.54) is 49.5 Å². The maximum absolute atomic E-state index is 14.1. The number of aromatic nitrogens is 1. The van der Waals surface area contributed by atoms with Gasteiger partial charge in [0.25, 0.3) is 5.91 Å². The summed E-state index contributed by atoms with van der Waals surface area (Å²) >= 11 is 0.965. The Morgan fingerprint density at radius 2 is 1.91 bits per heavy atom. The van der Waals surface area contributed by atoms with Gasteiger partial charge in [0.2, 0.25) is 5.54 Å². The number of halogens is 4. The molecule has 2 heterocycles. The molecule has 4 rings (SSSR count). The number of piperazine rings is 1. The third-order valence-electron chi connectivity index (χ3n) is 5.07. The van der Waals surface area contributed by atoms with Crippen molar-refractivity contribution in [1.29, 1.82) is 0 Å². The molecule has 1 aliphatic heterocycles. The summed E-state index contributed by atoms with van der Waals surface area (Å²) in [5, 5.41) is 7.52. The average molecular weight is 467 g/mol. The van der Waals surface area contributed by atoms with E-state index in [-0.39, 0.29) is 23.8 Å². The summed E-state index contributed by atoms with van der Waals surface area (Å²) in [5.74, 6) is -1.54. The summed E-state index contributed by atoms with van der Waals surface area (Å²) in [4.78, 5) is 30.0. The van der Waals surface area contributed by atoms with E-state index in [0.29, 0.717) is 15.9 Å². The van der Waals surface area contributed by atoms with Crippen molar-refractivity contribution in [3.63, 3.8) is 0 Å². The number of amides is 3. The second-order valence-electron chi connectivity index (χ2n) is 7.19. The van der Waals surface area contributed by atoms with Gasteiger partial charge in [-0.1, -0.05) is 17.4 Å². The molecule has 3 amide bonds. The first-order chi connectivity index (χ1) is 15.1. The van der Waals surface area contributed by atoms with Gasteiger partial charge in [-0.25, -0.2) is 14.2 Å². The van der Waals surface area contributed by atoms with Gasteiger partial charge in [-0.2, -0.15) is 13.2 Å². The fourth-order valence-corrected chi connectivity index (χ4v) is 4.39. The second kappa shape index (κ2) is 8.02. The monoisotopic (exact) mass is 467 g/mol. The Balaban J connectivity index is 1.61. The first kappa shape index (κ1) is 22.0. The molecule has 3 aromatic rings. The van der Waals surface area contributed by atoms with Crippen LogP contribution in [-0.2, 0) is 10.3 Å². The number of hydrogen-bond donors (Lipinski definition) is 3. The molecule has 0 spiro atoms. The molecule has 7 nitrogen and oxygen atoms in total. The Morgan fingerprint density at radius 3 is 2.59 bits per heavy atom. The number of rotatable bonds is 3. The van der Waals surface area contributed by atoms with Gasteiger partial charge in [-0.3, -0.25) is 15.4 Å². The second-order valence-corrected chi connectivity index (χ2v) is 8.22. The number of nitrogens with one attached hydrogen (secondary N) is 3. The van der Waals surface area contributed by atoms with Crippen LogP contribution in [0.15, 0.2) is 42.5 Å². The van der Waals surface area contributed by atoms with Crippen LogP contribution in [0.5, 0.6) is 0 Å². The van der Waals surface area contributed by atoms with Crippen LogP contribution < -0.4 is 16.0 Å². The highest BCUT2D eigenvalue weighted by Gasteiger charge is 2.63. The van der Waals surface area contributed by atoms with Crippen molar-refractivity contribution in [2.24, 2.45) is 0 Å². The molecular weight excluding hydrogens is 450 g/mol. The van der Waals surface area contributed by atoms with E-state index in [2.05, 4.69) is 20.9 Å². The van der Waals surface area contributed by atoms with Crippen molar-refractivity contribution in [2.75, 3.05) is 30.8 Å². The fourth-order valence-electron chi connectivity index (χ4n) is 3.49. The minimum Gasteiger partial charge on any atom is -0.342 e. The number of benzene rings is 2. The number of hydrogen-bond acceptors (Lipinski definition) is 5. The van der Waals surface area contributed by atoms with Crippen LogP contribution in [0.3, 0.4) is 0 Å². The minimum atomic E-state index is -4.87. The number of anilines is 2. The van der Waals surface area contributed by atoms with Crippen molar-refractivity contribution in [3.05, 3.63) is 53.8 Å². The van der Waals surface area contributed by atoms with Gasteiger partial charge in [0.15, 0.2) is 5.13 Å². The largest absolute Gasteiger partial charge is 0.419 e. The lowest BCUT2D eigenvalue weighted by molar-refractivity contribution is -0.213. The third-order valence-corrected chi connectivity index (χ3v) is 6.01. The summed E-state index contributed by atoms with van der Waals surface area (Å²) in [6.45, 7) is 0.148. The molecule has 1 aliphatic rings. The lowest BCUT2D eigenvalue weighted by atomic mass is 9.86. The average Bonchev–Trinajstić information content (AvgIpc) is 3.12. The Hall–Kier alpha value is -3.25. The summed E-state index contributed by atoms with van der Waals surface area (Å²) in [6, 6.07) is 8.32. The van der Waals surface area contributed by atoms with E-state index in [1.807, 2.05) is 0 Å². The molecule has 3 N–H and O–H groups in total. The molecule has 168 valence electrons. The van der Waals surface area contributed by atoms with E-state index < -0.39 is 29.5 Å². The number of carbonyl (C=O) groups excluding carboxylic acids is 2. The number of likely N-dealkylation sites (N-methyl/N-ethyl adjacent to an activating group) is 1. The van der Waals surface area contributed by atoms with Gasteiger partial charge in [0, 0.05) is 25.8 Å². The molecule has 1 unspecified atom stereocenters. The molecule has 0 aliphatic carbocycles. The molecule has 32 heavy (non-hydrogen) atoms. The fraction of sp³-hybridized carbons (Fsp3) is 0.250. The zero-order chi connectivity index (χ0) is 23.1. The zero-order valence-electron chi connectivity index (χ0n) is 16.6. The summed E-state index contributed by atoms with van der Waals surface area (Å²) < 4.78 is 55.6. The van der Waals surface area contributed by atoms with Crippen LogP contribution in [0.25, 0.3) is 10.2 Å². The number of fused-ring (bicyclic) bond motifs is 1. The van der Waals surface area contributed by atoms with Crippen LogP contribution in [0.1, 0.15) is 5.56 Å². The van der Waals surface area contributed by atoms with E-state index >= 15 is 0 Å². The summed E-state index contributed by atoms with van der Waals surface area (Å²) in [7, 11) is 1.33. The number of carbonyl (C=O) groups is 2. The molecule has 0 saturated carbocycles.